The number of fused-ring (bicyclic) bond motifs is 3. The highest BCUT2D eigenvalue weighted by atomic mass is 16.2. The number of piperidine rings is 1. The quantitative estimate of drug-likeness (QED) is 0.854. The Bertz CT molecular complexity index is 978. The Kier molecular flexibility index (Phi) is 4.86. The van der Waals surface area contributed by atoms with E-state index in [1.165, 1.54) is 18.4 Å². The molecule has 156 valence electrons. The van der Waals surface area contributed by atoms with Crippen LogP contribution in [0.25, 0.3) is 0 Å². The lowest BCUT2D eigenvalue weighted by Crippen LogP contribution is -2.47. The molecule has 2 aromatic rings. The van der Waals surface area contributed by atoms with Crippen LogP contribution in [0.1, 0.15) is 42.4 Å². The normalized spacial score (nSPS) is 22.1. The van der Waals surface area contributed by atoms with Crippen LogP contribution in [0.15, 0.2) is 48.5 Å². The zero-order valence-electron chi connectivity index (χ0n) is 17.3. The number of primary amides is 1. The second-order valence-electron chi connectivity index (χ2n) is 9.04. The number of anilines is 1. The van der Waals surface area contributed by atoms with Crippen molar-refractivity contribution in [3.63, 3.8) is 0 Å². The zero-order valence-corrected chi connectivity index (χ0v) is 17.3. The standard InChI is InChI=1S/C25H29N3O2/c26-24(30)22-17-19-6-2-4-8-21(19)28(22)23(29)10-14-27-15-12-25(13-16-27)11-9-18-5-1-3-7-20(18)25/h1-8,22H,9-17H2,(H2,26,30)/t22-/m0/s1. The van der Waals surface area contributed by atoms with Crippen molar-refractivity contribution in [2.75, 3.05) is 24.5 Å². The number of likely N-dealkylation sites (tertiary alicyclic amines) is 1. The van der Waals surface area contributed by atoms with E-state index in [1.54, 1.807) is 10.5 Å². The maximum absolute atomic E-state index is 13.1. The van der Waals surface area contributed by atoms with Crippen molar-refractivity contribution in [1.82, 2.24) is 4.90 Å². The van der Waals surface area contributed by atoms with E-state index in [0.717, 1.165) is 43.7 Å². The molecule has 1 fully saturated rings. The van der Waals surface area contributed by atoms with Crippen LogP contribution in [-0.4, -0.2) is 42.4 Å². The van der Waals surface area contributed by atoms with Gasteiger partial charge in [0.2, 0.25) is 11.8 Å². The third kappa shape index (κ3) is 3.21. The molecule has 2 amide bonds. The summed E-state index contributed by atoms with van der Waals surface area (Å²) in [7, 11) is 0. The highest BCUT2D eigenvalue weighted by Crippen LogP contribution is 2.46. The lowest BCUT2D eigenvalue weighted by atomic mass is 9.74. The molecule has 1 atom stereocenters. The van der Waals surface area contributed by atoms with Crippen molar-refractivity contribution in [2.24, 2.45) is 5.73 Å². The van der Waals surface area contributed by atoms with Gasteiger partial charge in [-0.3, -0.25) is 14.5 Å². The fourth-order valence-electron chi connectivity index (χ4n) is 5.78. The fourth-order valence-corrected chi connectivity index (χ4v) is 5.78. The number of benzene rings is 2. The second-order valence-corrected chi connectivity index (χ2v) is 9.04. The van der Waals surface area contributed by atoms with Gasteiger partial charge in [-0.2, -0.15) is 0 Å². The van der Waals surface area contributed by atoms with E-state index in [9.17, 15) is 9.59 Å². The fraction of sp³-hybridized carbons (Fsp3) is 0.440. The molecular weight excluding hydrogens is 374 g/mol. The summed E-state index contributed by atoms with van der Waals surface area (Å²) in [6.07, 6.45) is 5.70. The molecule has 0 aromatic heterocycles. The Morgan fingerprint density at radius 2 is 1.67 bits per heavy atom. The molecule has 2 heterocycles. The maximum Gasteiger partial charge on any atom is 0.240 e. The van der Waals surface area contributed by atoms with Crippen LogP contribution in [-0.2, 0) is 27.8 Å². The number of carbonyl (C=O) groups is 2. The van der Waals surface area contributed by atoms with E-state index in [-0.39, 0.29) is 5.91 Å². The van der Waals surface area contributed by atoms with Crippen LogP contribution in [0, 0.1) is 0 Å². The van der Waals surface area contributed by atoms with E-state index in [2.05, 4.69) is 29.2 Å². The molecule has 5 heteroatoms. The van der Waals surface area contributed by atoms with Gasteiger partial charge in [0.25, 0.3) is 0 Å². The highest BCUT2D eigenvalue weighted by Gasteiger charge is 2.41. The molecule has 0 unspecified atom stereocenters. The lowest BCUT2D eigenvalue weighted by molar-refractivity contribution is -0.124. The maximum atomic E-state index is 13.1. The Labute approximate surface area is 177 Å². The number of rotatable bonds is 4. The minimum Gasteiger partial charge on any atom is -0.368 e. The molecule has 1 aliphatic carbocycles. The molecule has 0 radical (unpaired) electrons. The van der Waals surface area contributed by atoms with Gasteiger partial charge in [-0.25, -0.2) is 0 Å². The predicted molar refractivity (Wildman–Crippen MR) is 117 cm³/mol. The first kappa shape index (κ1) is 19.3. The summed E-state index contributed by atoms with van der Waals surface area (Å²) in [5, 5.41) is 0. The number of nitrogens with zero attached hydrogens (tertiary/aromatic N) is 2. The summed E-state index contributed by atoms with van der Waals surface area (Å²) < 4.78 is 0. The number of aryl methyl sites for hydroxylation is 1. The molecule has 30 heavy (non-hydrogen) atoms. The van der Waals surface area contributed by atoms with Crippen LogP contribution in [0.2, 0.25) is 0 Å². The van der Waals surface area contributed by atoms with E-state index in [1.807, 2.05) is 24.3 Å². The van der Waals surface area contributed by atoms with Crippen molar-refractivity contribution in [1.29, 1.82) is 0 Å². The van der Waals surface area contributed by atoms with Gasteiger partial charge >= 0.3 is 0 Å². The molecule has 1 spiro atoms. The predicted octanol–water partition coefficient (Wildman–Crippen LogP) is 2.80. The topological polar surface area (TPSA) is 66.6 Å². The van der Waals surface area contributed by atoms with Gasteiger partial charge in [-0.15, -0.1) is 0 Å². The number of nitrogens with two attached hydrogens (primary N) is 1. The average molecular weight is 404 g/mol. The van der Waals surface area contributed by atoms with Crippen LogP contribution < -0.4 is 10.6 Å². The summed E-state index contributed by atoms with van der Waals surface area (Å²) >= 11 is 0. The third-order valence-electron chi connectivity index (χ3n) is 7.49. The Morgan fingerprint density at radius 3 is 2.43 bits per heavy atom. The van der Waals surface area contributed by atoms with Crippen molar-refractivity contribution < 1.29 is 9.59 Å². The van der Waals surface area contributed by atoms with Crippen molar-refractivity contribution >= 4 is 17.5 Å². The smallest absolute Gasteiger partial charge is 0.240 e. The zero-order chi connectivity index (χ0) is 20.7. The van der Waals surface area contributed by atoms with E-state index in [4.69, 9.17) is 5.73 Å². The Hall–Kier alpha value is -2.66. The van der Waals surface area contributed by atoms with E-state index < -0.39 is 11.9 Å². The lowest BCUT2D eigenvalue weighted by Gasteiger charge is -2.40. The van der Waals surface area contributed by atoms with Gasteiger partial charge in [0.15, 0.2) is 0 Å². The highest BCUT2D eigenvalue weighted by molar-refractivity contribution is 6.03. The molecule has 5 rings (SSSR count). The summed E-state index contributed by atoms with van der Waals surface area (Å²) in [6.45, 7) is 2.79. The molecule has 3 aliphatic rings. The van der Waals surface area contributed by atoms with Gasteiger partial charge < -0.3 is 10.6 Å². The molecule has 2 aliphatic heterocycles. The first-order chi connectivity index (χ1) is 14.6. The number of hydrogen-bond donors (Lipinski definition) is 1. The van der Waals surface area contributed by atoms with Crippen LogP contribution in [0.4, 0.5) is 5.69 Å². The minimum absolute atomic E-state index is 0.00440. The average Bonchev–Trinajstić information content (AvgIpc) is 3.33. The Balaban J connectivity index is 1.21. The number of amides is 2. The largest absolute Gasteiger partial charge is 0.368 e. The Morgan fingerprint density at radius 1 is 0.967 bits per heavy atom. The van der Waals surface area contributed by atoms with Gasteiger partial charge in [0, 0.05) is 25.1 Å². The van der Waals surface area contributed by atoms with Gasteiger partial charge in [-0.1, -0.05) is 42.5 Å². The monoisotopic (exact) mass is 403 g/mol. The van der Waals surface area contributed by atoms with Gasteiger partial charge in [0.05, 0.1) is 0 Å². The minimum atomic E-state index is -0.561. The molecule has 0 bridgehead atoms. The summed E-state index contributed by atoms with van der Waals surface area (Å²) in [5.74, 6) is -0.436. The summed E-state index contributed by atoms with van der Waals surface area (Å²) in [5.41, 5.74) is 10.9. The van der Waals surface area contributed by atoms with Crippen molar-refractivity contribution in [2.45, 2.75) is 50.0 Å². The first-order valence-corrected chi connectivity index (χ1v) is 11.1. The molecule has 2 N–H and O–H groups in total. The number of para-hydroxylation sites is 1. The molecule has 2 aromatic carbocycles. The molecule has 5 nitrogen and oxygen atoms in total. The molecule has 1 saturated heterocycles. The number of carbonyl (C=O) groups excluding carboxylic acids is 2. The summed E-state index contributed by atoms with van der Waals surface area (Å²) in [6, 6.07) is 16.1. The van der Waals surface area contributed by atoms with E-state index in [0.29, 0.717) is 18.3 Å². The first-order valence-electron chi connectivity index (χ1n) is 11.1. The van der Waals surface area contributed by atoms with Crippen LogP contribution in [0.3, 0.4) is 0 Å². The SMILES string of the molecule is NC(=O)[C@@H]1Cc2ccccc2N1C(=O)CCN1CCC2(CCc3ccccc32)CC1. The summed E-state index contributed by atoms with van der Waals surface area (Å²) in [4.78, 5) is 29.1. The molecular formula is C25H29N3O2. The number of hydrogen-bond acceptors (Lipinski definition) is 3. The third-order valence-corrected chi connectivity index (χ3v) is 7.49. The molecule has 0 saturated carbocycles. The van der Waals surface area contributed by atoms with Gasteiger partial charge in [-0.05, 0) is 66.9 Å². The van der Waals surface area contributed by atoms with Crippen LogP contribution in [0.5, 0.6) is 0 Å². The second kappa shape index (κ2) is 7.55. The van der Waals surface area contributed by atoms with Crippen molar-refractivity contribution in [3.8, 4) is 0 Å². The van der Waals surface area contributed by atoms with Crippen LogP contribution >= 0.6 is 0 Å². The van der Waals surface area contributed by atoms with Gasteiger partial charge in [0.1, 0.15) is 6.04 Å². The van der Waals surface area contributed by atoms with E-state index >= 15 is 0 Å². The van der Waals surface area contributed by atoms with Crippen molar-refractivity contribution in [3.05, 3.63) is 65.2 Å².